The molecule has 2 aromatic carbocycles. The molecule has 2 aromatic heterocycles. The molecular weight excluding hydrogens is 395 g/mol. The molecule has 1 aliphatic heterocycles. The molecule has 0 radical (unpaired) electrons. The number of nitrogens with zero attached hydrogens (tertiary/aromatic N) is 2. The first kappa shape index (κ1) is 18.6. The molecule has 0 atom stereocenters. The van der Waals surface area contributed by atoms with Crippen LogP contribution in [0.1, 0.15) is 21.6 Å². The number of H-pyrrole nitrogens is 1. The van der Waals surface area contributed by atoms with Crippen LogP contribution >= 0.6 is 0 Å². The van der Waals surface area contributed by atoms with Crippen LogP contribution in [0.4, 0.5) is 13.2 Å². The van der Waals surface area contributed by atoms with Crippen LogP contribution in [-0.2, 0) is 20.0 Å². The van der Waals surface area contributed by atoms with Gasteiger partial charge in [0.05, 0.1) is 0 Å². The maximum absolute atomic E-state index is 13.3. The Hall–Kier alpha value is -3.42. The summed E-state index contributed by atoms with van der Waals surface area (Å²) in [5.74, 6) is -0.358. The van der Waals surface area contributed by atoms with Crippen LogP contribution in [0, 0.1) is 0 Å². The lowest BCUT2D eigenvalue weighted by molar-refractivity contribution is -0.274. The maximum Gasteiger partial charge on any atom is 0.573 e. The van der Waals surface area contributed by atoms with Crippen LogP contribution in [0.2, 0.25) is 0 Å². The van der Waals surface area contributed by atoms with Crippen molar-refractivity contribution in [3.05, 3.63) is 65.5 Å². The van der Waals surface area contributed by atoms with E-state index in [-0.39, 0.29) is 11.7 Å². The molecule has 0 unspecified atom stereocenters. The minimum atomic E-state index is -4.75. The lowest BCUT2D eigenvalue weighted by atomic mass is 10.0. The Bertz CT molecular complexity index is 1290. The van der Waals surface area contributed by atoms with Gasteiger partial charge in [0, 0.05) is 71.4 Å². The van der Waals surface area contributed by atoms with Gasteiger partial charge < -0.3 is 19.2 Å². The fraction of sp³-hybridized carbons (Fsp3) is 0.227. The van der Waals surface area contributed by atoms with E-state index in [1.807, 2.05) is 42.1 Å². The van der Waals surface area contributed by atoms with Crippen LogP contribution in [0.25, 0.3) is 21.8 Å². The van der Waals surface area contributed by atoms with Gasteiger partial charge in [0.1, 0.15) is 5.75 Å². The summed E-state index contributed by atoms with van der Waals surface area (Å²) in [4.78, 5) is 18.3. The number of aromatic amines is 1. The summed E-state index contributed by atoms with van der Waals surface area (Å²) < 4.78 is 43.8. The average Bonchev–Trinajstić information content (AvgIpc) is 3.26. The van der Waals surface area contributed by atoms with Gasteiger partial charge in [0.2, 0.25) is 0 Å². The van der Waals surface area contributed by atoms with Gasteiger partial charge in [-0.3, -0.25) is 4.79 Å². The molecule has 0 bridgehead atoms. The van der Waals surface area contributed by atoms with Gasteiger partial charge in [-0.2, -0.15) is 0 Å². The molecular formula is C22H18F3N3O2. The van der Waals surface area contributed by atoms with Gasteiger partial charge in [-0.25, -0.2) is 0 Å². The number of aryl methyl sites for hydroxylation is 1. The highest BCUT2D eigenvalue weighted by Crippen LogP contribution is 2.33. The summed E-state index contributed by atoms with van der Waals surface area (Å²) >= 11 is 0. The number of aromatic nitrogens is 2. The fourth-order valence-corrected chi connectivity index (χ4v) is 4.22. The Morgan fingerprint density at radius 1 is 1.13 bits per heavy atom. The van der Waals surface area contributed by atoms with E-state index in [0.717, 1.165) is 27.7 Å². The van der Waals surface area contributed by atoms with Crippen molar-refractivity contribution < 1.29 is 22.7 Å². The number of amides is 1. The summed E-state index contributed by atoms with van der Waals surface area (Å²) in [7, 11) is 1.93. The predicted molar refractivity (Wildman–Crippen MR) is 106 cm³/mol. The van der Waals surface area contributed by atoms with E-state index in [1.165, 1.54) is 12.1 Å². The van der Waals surface area contributed by atoms with Crippen molar-refractivity contribution >= 4 is 27.7 Å². The first-order valence-corrected chi connectivity index (χ1v) is 9.53. The molecule has 1 aliphatic rings. The monoisotopic (exact) mass is 413 g/mol. The van der Waals surface area contributed by atoms with E-state index in [1.54, 1.807) is 11.0 Å². The van der Waals surface area contributed by atoms with Crippen LogP contribution in [0.3, 0.4) is 0 Å². The largest absolute Gasteiger partial charge is 0.573 e. The van der Waals surface area contributed by atoms with Crippen molar-refractivity contribution in [2.45, 2.75) is 19.3 Å². The Labute approximate surface area is 169 Å². The number of benzene rings is 2. The third-order valence-electron chi connectivity index (χ3n) is 5.63. The Morgan fingerprint density at radius 2 is 1.97 bits per heavy atom. The van der Waals surface area contributed by atoms with E-state index < -0.39 is 6.36 Å². The van der Waals surface area contributed by atoms with Gasteiger partial charge in [0.15, 0.2) is 0 Å². The molecule has 8 heteroatoms. The molecule has 0 saturated heterocycles. The normalized spacial score (nSPS) is 14.3. The number of rotatable bonds is 2. The molecule has 1 N–H and O–H groups in total. The number of nitrogens with one attached hydrogen (secondary N) is 1. The molecule has 0 aliphatic carbocycles. The highest BCUT2D eigenvalue weighted by atomic mass is 19.4. The quantitative estimate of drug-likeness (QED) is 0.515. The number of fused-ring (bicyclic) bond motifs is 4. The standard InChI is InChI=1S/C22H18F3N3O2/c1-27-9-7-14-15(3-2-4-20(14)27)21(29)28-10-8-19-17(12-28)16-11-13(30-22(23,24)25)5-6-18(16)26-19/h2-7,9,11,26H,8,10,12H2,1H3. The molecule has 0 saturated carbocycles. The van der Waals surface area contributed by atoms with Crippen molar-refractivity contribution in [2.24, 2.45) is 7.05 Å². The summed E-state index contributed by atoms with van der Waals surface area (Å²) in [6, 6.07) is 11.8. The lowest BCUT2D eigenvalue weighted by Gasteiger charge is -2.27. The Kier molecular flexibility index (Phi) is 4.06. The number of carbonyl (C=O) groups excluding carboxylic acids is 1. The fourth-order valence-electron chi connectivity index (χ4n) is 4.22. The SMILES string of the molecule is Cn1ccc2c(C(=O)N3CCc4[nH]c5ccc(OC(F)(F)F)cc5c4C3)cccc21. The predicted octanol–water partition coefficient (Wildman–Crippen LogP) is 4.76. The Balaban J connectivity index is 1.49. The first-order valence-electron chi connectivity index (χ1n) is 9.53. The van der Waals surface area contributed by atoms with Crippen molar-refractivity contribution in [2.75, 3.05) is 6.54 Å². The van der Waals surface area contributed by atoms with E-state index in [0.29, 0.717) is 30.5 Å². The number of alkyl halides is 3. The van der Waals surface area contributed by atoms with Gasteiger partial charge in [0.25, 0.3) is 5.91 Å². The molecule has 0 fully saturated rings. The van der Waals surface area contributed by atoms with Crippen LogP contribution in [0.15, 0.2) is 48.7 Å². The van der Waals surface area contributed by atoms with Gasteiger partial charge in [-0.05, 0) is 36.4 Å². The summed E-state index contributed by atoms with van der Waals surface area (Å²) in [5, 5.41) is 1.53. The van der Waals surface area contributed by atoms with Gasteiger partial charge in [-0.1, -0.05) is 6.07 Å². The van der Waals surface area contributed by atoms with Crippen molar-refractivity contribution in [3.63, 3.8) is 0 Å². The smallest absolute Gasteiger partial charge is 0.406 e. The minimum absolute atomic E-state index is 0.0884. The molecule has 0 spiro atoms. The first-order chi connectivity index (χ1) is 14.3. The van der Waals surface area contributed by atoms with Gasteiger partial charge in [-0.15, -0.1) is 13.2 Å². The second-order valence-corrected chi connectivity index (χ2v) is 7.48. The zero-order chi connectivity index (χ0) is 21.0. The zero-order valence-corrected chi connectivity index (χ0v) is 16.1. The van der Waals surface area contributed by atoms with Crippen LogP contribution in [0.5, 0.6) is 5.75 Å². The topological polar surface area (TPSA) is 50.3 Å². The number of hydrogen-bond donors (Lipinski definition) is 1. The third-order valence-corrected chi connectivity index (χ3v) is 5.63. The van der Waals surface area contributed by atoms with E-state index >= 15 is 0 Å². The molecule has 3 heterocycles. The number of carbonyl (C=O) groups is 1. The summed E-state index contributed by atoms with van der Waals surface area (Å²) in [6.07, 6.45) is -2.23. The van der Waals surface area contributed by atoms with Crippen molar-refractivity contribution in [1.82, 2.24) is 14.5 Å². The average molecular weight is 413 g/mol. The molecule has 5 nitrogen and oxygen atoms in total. The Morgan fingerprint density at radius 3 is 2.77 bits per heavy atom. The summed E-state index contributed by atoms with van der Waals surface area (Å²) in [6.45, 7) is 0.862. The molecule has 30 heavy (non-hydrogen) atoms. The molecule has 154 valence electrons. The van der Waals surface area contributed by atoms with Crippen molar-refractivity contribution in [3.8, 4) is 5.75 Å². The zero-order valence-electron chi connectivity index (χ0n) is 16.1. The number of ether oxygens (including phenoxy) is 1. The highest BCUT2D eigenvalue weighted by Gasteiger charge is 2.32. The van der Waals surface area contributed by atoms with E-state index in [2.05, 4.69) is 9.72 Å². The maximum atomic E-state index is 13.3. The second kappa shape index (κ2) is 6.55. The highest BCUT2D eigenvalue weighted by molar-refractivity contribution is 6.06. The van der Waals surface area contributed by atoms with Crippen LogP contribution < -0.4 is 4.74 Å². The van der Waals surface area contributed by atoms with Crippen molar-refractivity contribution in [1.29, 1.82) is 0 Å². The lowest BCUT2D eigenvalue weighted by Crippen LogP contribution is -2.35. The van der Waals surface area contributed by atoms with Crippen LogP contribution in [-0.4, -0.2) is 33.3 Å². The minimum Gasteiger partial charge on any atom is -0.406 e. The molecule has 1 amide bonds. The number of hydrogen-bond acceptors (Lipinski definition) is 2. The number of halogens is 3. The van der Waals surface area contributed by atoms with Gasteiger partial charge >= 0.3 is 6.36 Å². The molecule has 4 aromatic rings. The molecule has 5 rings (SSSR count). The second-order valence-electron chi connectivity index (χ2n) is 7.48. The third kappa shape index (κ3) is 3.08. The van der Waals surface area contributed by atoms with E-state index in [4.69, 9.17) is 0 Å². The van der Waals surface area contributed by atoms with E-state index in [9.17, 15) is 18.0 Å². The summed E-state index contributed by atoms with van der Waals surface area (Å²) in [5.41, 5.74) is 4.10.